The van der Waals surface area contributed by atoms with Gasteiger partial charge in [-0.1, -0.05) is 43.3 Å². The maximum absolute atomic E-state index is 6.38. The Hall–Kier alpha value is -0.550. The molecule has 112 valence electrons. The minimum atomic E-state index is 0.650. The lowest BCUT2D eigenvalue weighted by Gasteiger charge is -2.10. The van der Waals surface area contributed by atoms with E-state index in [1.165, 1.54) is 5.56 Å². The lowest BCUT2D eigenvalue weighted by molar-refractivity contribution is 0.552. The molecule has 0 unspecified atom stereocenters. The highest BCUT2D eigenvalue weighted by atomic mass is 79.9. The van der Waals surface area contributed by atoms with Gasteiger partial charge in [0, 0.05) is 17.6 Å². The molecule has 21 heavy (non-hydrogen) atoms. The quantitative estimate of drug-likeness (QED) is 0.721. The van der Waals surface area contributed by atoms with E-state index < -0.39 is 0 Å². The van der Waals surface area contributed by atoms with Crippen LogP contribution in [0.4, 0.5) is 0 Å². The van der Waals surface area contributed by atoms with Gasteiger partial charge in [0.15, 0.2) is 0 Å². The molecular formula is C16H18BrClN2S. The zero-order valence-electron chi connectivity index (χ0n) is 12.1. The molecule has 2 rings (SSSR count). The lowest BCUT2D eigenvalue weighted by Crippen LogP contribution is -2.18. The second-order valence-electron chi connectivity index (χ2n) is 5.18. The Kier molecular flexibility index (Phi) is 6.55. The number of hydrogen-bond acceptors (Lipinski definition) is 3. The van der Waals surface area contributed by atoms with Crippen molar-refractivity contribution in [1.29, 1.82) is 0 Å². The number of benzene rings is 1. The Morgan fingerprint density at radius 2 is 2.14 bits per heavy atom. The summed E-state index contributed by atoms with van der Waals surface area (Å²) in [6, 6.07) is 10.1. The van der Waals surface area contributed by atoms with E-state index in [1.807, 2.05) is 18.2 Å². The highest BCUT2D eigenvalue weighted by molar-refractivity contribution is 9.10. The number of halogens is 2. The zero-order chi connectivity index (χ0) is 15.2. The van der Waals surface area contributed by atoms with Gasteiger partial charge in [-0.15, -0.1) is 0 Å². The van der Waals surface area contributed by atoms with Gasteiger partial charge < -0.3 is 5.32 Å². The fraction of sp³-hybridized carbons (Fsp3) is 0.312. The predicted molar refractivity (Wildman–Crippen MR) is 94.1 cm³/mol. The molecular weight excluding hydrogens is 368 g/mol. The van der Waals surface area contributed by atoms with Crippen molar-refractivity contribution in [1.82, 2.24) is 10.3 Å². The van der Waals surface area contributed by atoms with E-state index in [0.717, 1.165) is 32.5 Å². The molecule has 0 bridgehead atoms. The van der Waals surface area contributed by atoms with Crippen molar-refractivity contribution in [2.75, 3.05) is 6.54 Å². The van der Waals surface area contributed by atoms with Crippen LogP contribution in [0.15, 0.2) is 50.9 Å². The first-order valence-corrected chi connectivity index (χ1v) is 8.82. The molecule has 5 heteroatoms. The van der Waals surface area contributed by atoms with Gasteiger partial charge in [0.25, 0.3) is 0 Å². The molecule has 0 aliphatic rings. The van der Waals surface area contributed by atoms with Crippen molar-refractivity contribution in [2.45, 2.75) is 30.3 Å². The van der Waals surface area contributed by atoms with Crippen LogP contribution in [0.5, 0.6) is 0 Å². The third-order valence-corrected chi connectivity index (χ3v) is 5.23. The van der Waals surface area contributed by atoms with Gasteiger partial charge in [0.1, 0.15) is 5.03 Å². The molecule has 1 aromatic carbocycles. The van der Waals surface area contributed by atoms with Crippen LogP contribution in [0.1, 0.15) is 19.4 Å². The molecule has 0 fully saturated rings. The molecule has 0 saturated heterocycles. The molecule has 2 aromatic rings. The third-order valence-electron chi connectivity index (χ3n) is 2.81. The topological polar surface area (TPSA) is 24.9 Å². The van der Waals surface area contributed by atoms with Crippen LogP contribution < -0.4 is 5.32 Å². The Balaban J connectivity index is 2.04. The molecule has 0 amide bonds. The molecule has 0 aliphatic heterocycles. The van der Waals surface area contributed by atoms with E-state index >= 15 is 0 Å². The standard InChI is InChI=1S/C16H18BrClN2S/c1-11(2)9-19-10-12-5-6-15(14(18)8-12)21-16-13(17)4-3-7-20-16/h3-8,11,19H,9-10H2,1-2H3. The first-order chi connectivity index (χ1) is 10.1. The number of nitrogens with one attached hydrogen (secondary N) is 1. The number of rotatable bonds is 6. The van der Waals surface area contributed by atoms with Crippen molar-refractivity contribution < 1.29 is 0 Å². The summed E-state index contributed by atoms with van der Waals surface area (Å²) >= 11 is 11.5. The molecule has 1 aromatic heterocycles. The fourth-order valence-corrected chi connectivity index (χ4v) is 3.39. The summed E-state index contributed by atoms with van der Waals surface area (Å²) < 4.78 is 0.980. The van der Waals surface area contributed by atoms with Gasteiger partial charge in [-0.3, -0.25) is 0 Å². The monoisotopic (exact) mass is 384 g/mol. The van der Waals surface area contributed by atoms with Gasteiger partial charge in [0.2, 0.25) is 0 Å². The number of nitrogens with zero attached hydrogens (tertiary/aromatic N) is 1. The predicted octanol–water partition coefficient (Wildman–Crippen LogP) is 5.39. The first-order valence-electron chi connectivity index (χ1n) is 6.84. The largest absolute Gasteiger partial charge is 0.312 e. The first kappa shape index (κ1) is 16.8. The van der Waals surface area contributed by atoms with Crippen molar-refractivity contribution in [3.63, 3.8) is 0 Å². The highest BCUT2D eigenvalue weighted by Gasteiger charge is 2.08. The highest BCUT2D eigenvalue weighted by Crippen LogP contribution is 2.36. The Labute approximate surface area is 143 Å². The number of pyridine rings is 1. The lowest BCUT2D eigenvalue weighted by atomic mass is 10.2. The minimum absolute atomic E-state index is 0.650. The maximum Gasteiger partial charge on any atom is 0.115 e. The van der Waals surface area contributed by atoms with E-state index in [-0.39, 0.29) is 0 Å². The summed E-state index contributed by atoms with van der Waals surface area (Å²) in [5.74, 6) is 0.650. The minimum Gasteiger partial charge on any atom is -0.312 e. The van der Waals surface area contributed by atoms with Crippen molar-refractivity contribution in [3.05, 3.63) is 51.6 Å². The van der Waals surface area contributed by atoms with Crippen LogP contribution in [0.2, 0.25) is 5.02 Å². The second-order valence-corrected chi connectivity index (χ2v) is 7.47. The molecule has 0 spiro atoms. The van der Waals surface area contributed by atoms with E-state index in [9.17, 15) is 0 Å². The molecule has 0 saturated carbocycles. The van der Waals surface area contributed by atoms with Crippen LogP contribution in [0.25, 0.3) is 0 Å². The summed E-state index contributed by atoms with van der Waals surface area (Å²) in [7, 11) is 0. The summed E-state index contributed by atoms with van der Waals surface area (Å²) in [5.41, 5.74) is 1.20. The number of hydrogen-bond donors (Lipinski definition) is 1. The van der Waals surface area contributed by atoms with E-state index in [0.29, 0.717) is 5.92 Å². The van der Waals surface area contributed by atoms with Gasteiger partial charge in [-0.05, 0) is 58.2 Å². The maximum atomic E-state index is 6.38. The molecule has 2 nitrogen and oxygen atoms in total. The molecule has 1 heterocycles. The van der Waals surface area contributed by atoms with Crippen LogP contribution >= 0.6 is 39.3 Å². The third kappa shape index (κ3) is 5.29. The Morgan fingerprint density at radius 1 is 1.33 bits per heavy atom. The Morgan fingerprint density at radius 3 is 2.81 bits per heavy atom. The van der Waals surface area contributed by atoms with E-state index in [4.69, 9.17) is 11.6 Å². The van der Waals surface area contributed by atoms with E-state index in [2.05, 4.69) is 52.2 Å². The van der Waals surface area contributed by atoms with Crippen LogP contribution in [0.3, 0.4) is 0 Å². The van der Waals surface area contributed by atoms with Crippen molar-refractivity contribution >= 4 is 39.3 Å². The summed E-state index contributed by atoms with van der Waals surface area (Å²) in [4.78, 5) is 5.37. The van der Waals surface area contributed by atoms with Crippen LogP contribution in [-0.4, -0.2) is 11.5 Å². The normalized spacial score (nSPS) is 11.1. The van der Waals surface area contributed by atoms with Crippen molar-refractivity contribution in [2.24, 2.45) is 5.92 Å². The number of aromatic nitrogens is 1. The van der Waals surface area contributed by atoms with Gasteiger partial charge >= 0.3 is 0 Å². The van der Waals surface area contributed by atoms with Crippen LogP contribution in [-0.2, 0) is 6.54 Å². The van der Waals surface area contributed by atoms with Gasteiger partial charge in [-0.25, -0.2) is 4.98 Å². The summed E-state index contributed by atoms with van der Waals surface area (Å²) in [6.45, 7) is 6.25. The molecule has 0 aliphatic carbocycles. The Bertz CT molecular complexity index is 605. The molecule has 0 atom stereocenters. The molecule has 0 radical (unpaired) electrons. The fourth-order valence-electron chi connectivity index (χ4n) is 1.79. The van der Waals surface area contributed by atoms with Crippen molar-refractivity contribution in [3.8, 4) is 0 Å². The second kappa shape index (κ2) is 8.18. The van der Waals surface area contributed by atoms with Gasteiger partial charge in [-0.2, -0.15) is 0 Å². The summed E-state index contributed by atoms with van der Waals surface area (Å²) in [6.07, 6.45) is 1.78. The average Bonchev–Trinajstić information content (AvgIpc) is 2.43. The SMILES string of the molecule is CC(C)CNCc1ccc(Sc2ncccc2Br)c(Cl)c1. The van der Waals surface area contributed by atoms with Gasteiger partial charge in [0.05, 0.1) is 9.50 Å². The van der Waals surface area contributed by atoms with E-state index in [1.54, 1.807) is 18.0 Å². The van der Waals surface area contributed by atoms with Crippen LogP contribution in [0, 0.1) is 5.92 Å². The average molecular weight is 386 g/mol. The zero-order valence-corrected chi connectivity index (χ0v) is 15.2. The smallest absolute Gasteiger partial charge is 0.115 e. The summed E-state index contributed by atoms with van der Waals surface area (Å²) in [5, 5.41) is 5.11. The molecule has 1 N–H and O–H groups in total.